The van der Waals surface area contributed by atoms with Crippen molar-refractivity contribution in [1.82, 2.24) is 19.6 Å². The molecule has 0 aromatic carbocycles. The van der Waals surface area contributed by atoms with Gasteiger partial charge in [-0.15, -0.1) is 5.10 Å². The Bertz CT molecular complexity index is 734. The summed E-state index contributed by atoms with van der Waals surface area (Å²) in [5.41, 5.74) is 2.25. The number of hydrogen-bond acceptors (Lipinski definition) is 7. The van der Waals surface area contributed by atoms with Crippen LogP contribution in [0.3, 0.4) is 0 Å². The molecule has 2 aromatic heterocycles. The van der Waals surface area contributed by atoms with Crippen LogP contribution in [-0.2, 0) is 16.0 Å². The summed E-state index contributed by atoms with van der Waals surface area (Å²) in [6.07, 6.45) is 1.18. The van der Waals surface area contributed by atoms with Gasteiger partial charge in [-0.1, -0.05) is 11.8 Å². The summed E-state index contributed by atoms with van der Waals surface area (Å²) >= 11 is 1.43. The molecule has 1 atom stereocenters. The van der Waals surface area contributed by atoms with Gasteiger partial charge in [-0.2, -0.15) is 10.2 Å². The lowest BCUT2D eigenvalue weighted by molar-refractivity contribution is -0.145. The number of carbonyl (C=O) groups is 1. The lowest BCUT2D eigenvalue weighted by Gasteiger charge is -2.10. The highest BCUT2D eigenvalue weighted by Gasteiger charge is 2.17. The molecule has 0 saturated carbocycles. The molecule has 0 bridgehead atoms. The predicted molar refractivity (Wildman–Crippen MR) is 76.9 cm³/mol. The van der Waals surface area contributed by atoms with Gasteiger partial charge in [0.15, 0.2) is 6.10 Å². The van der Waals surface area contributed by atoms with E-state index in [1.165, 1.54) is 18.7 Å². The average Bonchev–Trinajstić information content (AvgIpc) is 2.86. The number of nitrogens with zero attached hydrogens (tertiary/aromatic N) is 5. The van der Waals surface area contributed by atoms with Crippen LogP contribution in [0.4, 0.5) is 0 Å². The van der Waals surface area contributed by atoms with E-state index in [0.717, 1.165) is 11.3 Å². The number of ether oxygens (including phenoxy) is 1. The van der Waals surface area contributed by atoms with Crippen LogP contribution in [0.25, 0.3) is 5.78 Å². The first-order chi connectivity index (χ1) is 9.96. The molecule has 0 aliphatic heterocycles. The zero-order valence-corrected chi connectivity index (χ0v) is 13.1. The molecular formula is C13H15N5O2S. The van der Waals surface area contributed by atoms with Crippen molar-refractivity contribution in [2.24, 2.45) is 0 Å². The molecule has 1 unspecified atom stereocenters. The second-order valence-corrected chi connectivity index (χ2v) is 5.28. The number of thioether (sulfide) groups is 1. The van der Waals surface area contributed by atoms with E-state index in [1.807, 2.05) is 26.2 Å². The third-order valence-corrected chi connectivity index (χ3v) is 3.56. The molecule has 0 amide bonds. The molecule has 2 rings (SSSR count). The number of hydrogen-bond donors (Lipinski definition) is 0. The van der Waals surface area contributed by atoms with E-state index >= 15 is 0 Å². The fraction of sp³-hybridized carbons (Fsp3) is 0.462. The lowest BCUT2D eigenvalue weighted by Crippen LogP contribution is -2.17. The van der Waals surface area contributed by atoms with Crippen LogP contribution in [-0.4, -0.2) is 37.9 Å². The first kappa shape index (κ1) is 15.3. The van der Waals surface area contributed by atoms with Crippen LogP contribution in [0.1, 0.15) is 23.9 Å². The Balaban J connectivity index is 2.35. The topological polar surface area (TPSA) is 93.2 Å². The average molecular weight is 305 g/mol. The van der Waals surface area contributed by atoms with Crippen molar-refractivity contribution in [2.75, 3.05) is 6.26 Å². The van der Waals surface area contributed by atoms with E-state index in [2.05, 4.69) is 15.1 Å². The first-order valence-electron chi connectivity index (χ1n) is 6.32. The SMILES string of the molecule is CSc1nc2nc(C)c(CC(=O)OC(C)C#N)c(C)n2n1. The minimum Gasteiger partial charge on any atom is -0.447 e. The van der Waals surface area contributed by atoms with E-state index < -0.39 is 12.1 Å². The second-order valence-electron chi connectivity index (χ2n) is 4.51. The Morgan fingerprint density at radius 2 is 2.19 bits per heavy atom. The third kappa shape index (κ3) is 3.13. The van der Waals surface area contributed by atoms with Crippen molar-refractivity contribution in [3.05, 3.63) is 17.0 Å². The van der Waals surface area contributed by atoms with E-state index in [1.54, 1.807) is 4.52 Å². The van der Waals surface area contributed by atoms with Gasteiger partial charge in [0.2, 0.25) is 5.16 Å². The third-order valence-electron chi connectivity index (χ3n) is 3.02. The standard InChI is InChI=1S/C13H15N5O2S/c1-7(6-14)20-11(19)5-10-8(2)15-12-16-13(21-4)17-18(12)9(10)3/h7H,5H2,1-4H3. The molecule has 2 aromatic rings. The number of esters is 1. The molecule has 21 heavy (non-hydrogen) atoms. The highest BCUT2D eigenvalue weighted by molar-refractivity contribution is 7.98. The van der Waals surface area contributed by atoms with E-state index in [0.29, 0.717) is 16.6 Å². The Labute approximate surface area is 126 Å². The summed E-state index contributed by atoms with van der Waals surface area (Å²) in [6.45, 7) is 5.20. The molecule has 0 fully saturated rings. The summed E-state index contributed by atoms with van der Waals surface area (Å²) in [4.78, 5) is 20.5. The number of aromatic nitrogens is 4. The minimum absolute atomic E-state index is 0.0566. The van der Waals surface area contributed by atoms with Gasteiger partial charge < -0.3 is 4.74 Å². The molecule has 7 nitrogen and oxygen atoms in total. The van der Waals surface area contributed by atoms with Gasteiger partial charge in [0.25, 0.3) is 5.78 Å². The lowest BCUT2D eigenvalue weighted by atomic mass is 10.1. The number of rotatable bonds is 4. The van der Waals surface area contributed by atoms with Crippen LogP contribution >= 0.6 is 11.8 Å². The predicted octanol–water partition coefficient (Wildman–Crippen LogP) is 1.46. The number of aryl methyl sites for hydroxylation is 2. The van der Waals surface area contributed by atoms with Gasteiger partial charge in [0.05, 0.1) is 6.42 Å². The van der Waals surface area contributed by atoms with Crippen LogP contribution in [0.5, 0.6) is 0 Å². The summed E-state index contributed by atoms with van der Waals surface area (Å²) in [6, 6.07) is 1.86. The summed E-state index contributed by atoms with van der Waals surface area (Å²) in [5, 5.41) is 13.6. The molecule has 2 heterocycles. The van der Waals surface area contributed by atoms with Crippen molar-refractivity contribution < 1.29 is 9.53 Å². The minimum atomic E-state index is -0.760. The maximum Gasteiger partial charge on any atom is 0.311 e. The number of nitriles is 1. The number of carbonyl (C=O) groups excluding carboxylic acids is 1. The van der Waals surface area contributed by atoms with Crippen molar-refractivity contribution in [3.8, 4) is 6.07 Å². The highest BCUT2D eigenvalue weighted by Crippen LogP contribution is 2.17. The van der Waals surface area contributed by atoms with Crippen LogP contribution in [0.2, 0.25) is 0 Å². The van der Waals surface area contributed by atoms with E-state index in [-0.39, 0.29) is 6.42 Å². The van der Waals surface area contributed by atoms with Gasteiger partial charge in [-0.3, -0.25) is 4.79 Å². The monoisotopic (exact) mass is 305 g/mol. The molecule has 0 radical (unpaired) electrons. The molecule has 0 spiro atoms. The van der Waals surface area contributed by atoms with Gasteiger partial charge in [-0.25, -0.2) is 9.50 Å². The summed E-state index contributed by atoms with van der Waals surface area (Å²) in [7, 11) is 0. The molecule has 0 aliphatic carbocycles. The smallest absolute Gasteiger partial charge is 0.311 e. The van der Waals surface area contributed by atoms with Crippen molar-refractivity contribution in [2.45, 2.75) is 38.5 Å². The highest BCUT2D eigenvalue weighted by atomic mass is 32.2. The molecule has 8 heteroatoms. The van der Waals surface area contributed by atoms with Gasteiger partial charge in [-0.05, 0) is 27.0 Å². The van der Waals surface area contributed by atoms with Crippen LogP contribution in [0.15, 0.2) is 5.16 Å². The molecule has 0 aliphatic rings. The maximum atomic E-state index is 11.8. The fourth-order valence-electron chi connectivity index (χ4n) is 1.94. The Hall–Kier alpha value is -2.14. The van der Waals surface area contributed by atoms with Gasteiger partial charge >= 0.3 is 5.97 Å². The Kier molecular flexibility index (Phi) is 4.43. The Morgan fingerprint density at radius 3 is 2.81 bits per heavy atom. The molecular weight excluding hydrogens is 290 g/mol. The van der Waals surface area contributed by atoms with Gasteiger partial charge in [0.1, 0.15) is 6.07 Å². The van der Waals surface area contributed by atoms with Crippen molar-refractivity contribution in [1.29, 1.82) is 5.26 Å². The molecule has 0 N–H and O–H groups in total. The van der Waals surface area contributed by atoms with Crippen LogP contribution < -0.4 is 0 Å². The quantitative estimate of drug-likeness (QED) is 0.623. The molecule has 110 valence electrons. The second kappa shape index (κ2) is 6.10. The zero-order chi connectivity index (χ0) is 15.6. The fourth-order valence-corrected chi connectivity index (χ4v) is 2.28. The van der Waals surface area contributed by atoms with Crippen LogP contribution in [0, 0.1) is 25.2 Å². The summed E-state index contributed by atoms with van der Waals surface area (Å²) < 4.78 is 6.59. The first-order valence-corrected chi connectivity index (χ1v) is 7.54. The number of fused-ring (bicyclic) bond motifs is 1. The molecule has 0 saturated heterocycles. The largest absolute Gasteiger partial charge is 0.447 e. The van der Waals surface area contributed by atoms with E-state index in [9.17, 15) is 4.79 Å². The van der Waals surface area contributed by atoms with E-state index in [4.69, 9.17) is 10.00 Å². The van der Waals surface area contributed by atoms with Crippen molar-refractivity contribution >= 4 is 23.5 Å². The van der Waals surface area contributed by atoms with Gasteiger partial charge in [0, 0.05) is 17.0 Å². The summed E-state index contributed by atoms with van der Waals surface area (Å²) in [5.74, 6) is 0.0541. The maximum absolute atomic E-state index is 11.8. The zero-order valence-electron chi connectivity index (χ0n) is 12.2. The normalized spacial score (nSPS) is 12.1. The Morgan fingerprint density at radius 1 is 1.48 bits per heavy atom. The van der Waals surface area contributed by atoms with Crippen molar-refractivity contribution in [3.63, 3.8) is 0 Å².